The zero-order valence-electron chi connectivity index (χ0n) is 14.4. The van der Waals surface area contributed by atoms with Crippen LogP contribution in [0.5, 0.6) is 0 Å². The fourth-order valence-corrected chi connectivity index (χ4v) is 3.74. The Morgan fingerprint density at radius 2 is 2.04 bits per heavy atom. The monoisotopic (exact) mass is 377 g/mol. The van der Waals surface area contributed by atoms with Crippen LogP contribution in [0.25, 0.3) is 0 Å². The van der Waals surface area contributed by atoms with Gasteiger partial charge in [0.15, 0.2) is 0 Å². The number of hydrazone groups is 1. The molecule has 0 atom stereocenters. The Bertz CT molecular complexity index is 896. The Morgan fingerprint density at radius 3 is 2.62 bits per heavy atom. The molecule has 0 saturated heterocycles. The van der Waals surface area contributed by atoms with Crippen LogP contribution in [-0.2, 0) is 10.0 Å². The smallest absolute Gasteiger partial charge is 0.272 e. The predicted molar refractivity (Wildman–Crippen MR) is 98.7 cm³/mol. The van der Waals surface area contributed by atoms with Crippen molar-refractivity contribution in [3.8, 4) is 0 Å². The average Bonchev–Trinajstić information content (AvgIpc) is 2.63. The molecule has 2 aromatic rings. The first kappa shape index (κ1) is 19.5. The molecule has 0 saturated carbocycles. The number of rotatable bonds is 8. The standard InChI is InChI=1S/C16H19N5O4S/c1-3-20(4-2)26(24,25)14-7-8-15(16(10-14)21(22)23)19-18-12-13-6-5-9-17-11-13/h5-12,19H,3-4H2,1-2H3/b18-12-. The fraction of sp³-hybridized carbons (Fsp3) is 0.250. The van der Waals surface area contributed by atoms with Crippen LogP contribution in [0.1, 0.15) is 19.4 Å². The molecule has 26 heavy (non-hydrogen) atoms. The molecular formula is C16H19N5O4S. The first-order valence-corrected chi connectivity index (χ1v) is 9.31. The molecule has 1 N–H and O–H groups in total. The summed E-state index contributed by atoms with van der Waals surface area (Å²) in [5, 5.41) is 15.3. The van der Waals surface area contributed by atoms with Crippen molar-refractivity contribution in [3.05, 3.63) is 58.4 Å². The lowest BCUT2D eigenvalue weighted by Gasteiger charge is -2.18. The number of hydrogen-bond acceptors (Lipinski definition) is 7. The summed E-state index contributed by atoms with van der Waals surface area (Å²) in [7, 11) is -3.78. The van der Waals surface area contributed by atoms with Crippen molar-refractivity contribution in [3.63, 3.8) is 0 Å². The number of pyridine rings is 1. The van der Waals surface area contributed by atoms with Gasteiger partial charge in [0.05, 0.1) is 16.0 Å². The van der Waals surface area contributed by atoms with E-state index in [-0.39, 0.29) is 29.4 Å². The lowest BCUT2D eigenvalue weighted by atomic mass is 10.3. The van der Waals surface area contributed by atoms with E-state index in [9.17, 15) is 18.5 Å². The van der Waals surface area contributed by atoms with Gasteiger partial charge in [-0.1, -0.05) is 19.9 Å². The van der Waals surface area contributed by atoms with Gasteiger partial charge in [-0.25, -0.2) is 8.42 Å². The fourth-order valence-electron chi connectivity index (χ4n) is 2.26. The summed E-state index contributed by atoms with van der Waals surface area (Å²) in [6.45, 7) is 3.97. The van der Waals surface area contributed by atoms with E-state index < -0.39 is 14.9 Å². The number of sulfonamides is 1. The highest BCUT2D eigenvalue weighted by molar-refractivity contribution is 7.89. The van der Waals surface area contributed by atoms with Gasteiger partial charge in [-0.2, -0.15) is 9.41 Å². The second kappa shape index (κ2) is 8.50. The maximum atomic E-state index is 12.5. The Hall–Kier alpha value is -2.85. The molecule has 10 heteroatoms. The first-order chi connectivity index (χ1) is 12.4. The number of nitro benzene ring substituents is 1. The molecule has 0 bridgehead atoms. The maximum Gasteiger partial charge on any atom is 0.295 e. The van der Waals surface area contributed by atoms with E-state index in [0.717, 1.165) is 6.07 Å². The molecule has 0 spiro atoms. The van der Waals surface area contributed by atoms with Gasteiger partial charge in [0.2, 0.25) is 10.0 Å². The number of nitrogens with zero attached hydrogens (tertiary/aromatic N) is 4. The van der Waals surface area contributed by atoms with E-state index in [2.05, 4.69) is 15.5 Å². The maximum absolute atomic E-state index is 12.5. The van der Waals surface area contributed by atoms with Crippen LogP contribution < -0.4 is 5.43 Å². The van der Waals surface area contributed by atoms with Gasteiger partial charge in [0, 0.05) is 37.1 Å². The molecule has 2 rings (SSSR count). The number of anilines is 1. The summed E-state index contributed by atoms with van der Waals surface area (Å²) in [6.07, 6.45) is 4.65. The predicted octanol–water partition coefficient (Wildman–Crippen LogP) is 2.47. The van der Waals surface area contributed by atoms with Crippen molar-refractivity contribution in [2.75, 3.05) is 18.5 Å². The molecule has 0 aliphatic carbocycles. The topological polar surface area (TPSA) is 118 Å². The SMILES string of the molecule is CCN(CC)S(=O)(=O)c1ccc(N/N=C\c2cccnc2)c([N+](=O)[O-])c1. The summed E-state index contributed by atoms with van der Waals surface area (Å²) in [5.74, 6) is 0. The number of aromatic nitrogens is 1. The largest absolute Gasteiger partial charge is 0.295 e. The van der Waals surface area contributed by atoms with E-state index in [1.165, 1.54) is 22.7 Å². The van der Waals surface area contributed by atoms with Gasteiger partial charge in [-0.15, -0.1) is 0 Å². The van der Waals surface area contributed by atoms with Crippen molar-refractivity contribution >= 4 is 27.6 Å². The molecule has 0 amide bonds. The lowest BCUT2D eigenvalue weighted by molar-refractivity contribution is -0.384. The molecule has 0 radical (unpaired) electrons. The van der Waals surface area contributed by atoms with E-state index in [0.29, 0.717) is 5.56 Å². The van der Waals surface area contributed by atoms with Gasteiger partial charge in [0.25, 0.3) is 5.69 Å². The van der Waals surface area contributed by atoms with Crippen molar-refractivity contribution in [1.82, 2.24) is 9.29 Å². The molecule has 1 heterocycles. The van der Waals surface area contributed by atoms with Crippen molar-refractivity contribution < 1.29 is 13.3 Å². The van der Waals surface area contributed by atoms with Crippen LogP contribution in [0.2, 0.25) is 0 Å². The van der Waals surface area contributed by atoms with Crippen molar-refractivity contribution in [1.29, 1.82) is 0 Å². The summed E-state index contributed by atoms with van der Waals surface area (Å²) in [6, 6.07) is 7.19. The van der Waals surface area contributed by atoms with Crippen LogP contribution in [0.4, 0.5) is 11.4 Å². The number of nitro groups is 1. The first-order valence-electron chi connectivity index (χ1n) is 7.87. The minimum absolute atomic E-state index is 0.0913. The summed E-state index contributed by atoms with van der Waals surface area (Å²) >= 11 is 0. The second-order valence-corrected chi connectivity index (χ2v) is 7.12. The van der Waals surface area contributed by atoms with E-state index in [1.54, 1.807) is 38.4 Å². The highest BCUT2D eigenvalue weighted by Gasteiger charge is 2.25. The Labute approximate surface area is 151 Å². The quantitative estimate of drug-likeness (QED) is 0.429. The van der Waals surface area contributed by atoms with Gasteiger partial charge >= 0.3 is 0 Å². The highest BCUT2D eigenvalue weighted by atomic mass is 32.2. The lowest BCUT2D eigenvalue weighted by Crippen LogP contribution is -2.30. The van der Waals surface area contributed by atoms with Gasteiger partial charge in [-0.3, -0.25) is 20.5 Å². The van der Waals surface area contributed by atoms with E-state index in [4.69, 9.17) is 0 Å². The van der Waals surface area contributed by atoms with E-state index in [1.807, 2.05) is 0 Å². The Morgan fingerprint density at radius 1 is 1.31 bits per heavy atom. The third-order valence-corrected chi connectivity index (χ3v) is 5.64. The Balaban J connectivity index is 2.32. The molecule has 9 nitrogen and oxygen atoms in total. The average molecular weight is 377 g/mol. The number of nitrogens with one attached hydrogen (secondary N) is 1. The van der Waals surface area contributed by atoms with Gasteiger partial charge in [0.1, 0.15) is 5.69 Å². The molecule has 0 fully saturated rings. The third kappa shape index (κ3) is 4.41. The zero-order chi connectivity index (χ0) is 19.2. The van der Waals surface area contributed by atoms with Crippen LogP contribution in [0, 0.1) is 10.1 Å². The molecule has 1 aromatic carbocycles. The van der Waals surface area contributed by atoms with Crippen LogP contribution in [-0.4, -0.2) is 41.9 Å². The van der Waals surface area contributed by atoms with Crippen molar-refractivity contribution in [2.45, 2.75) is 18.7 Å². The third-order valence-electron chi connectivity index (χ3n) is 3.59. The molecule has 0 aliphatic heterocycles. The molecule has 0 aliphatic rings. The normalized spacial score (nSPS) is 11.8. The highest BCUT2D eigenvalue weighted by Crippen LogP contribution is 2.29. The second-order valence-electron chi connectivity index (χ2n) is 5.18. The summed E-state index contributed by atoms with van der Waals surface area (Å²) < 4.78 is 26.3. The molecule has 138 valence electrons. The van der Waals surface area contributed by atoms with Crippen molar-refractivity contribution in [2.24, 2.45) is 5.10 Å². The molecule has 1 aromatic heterocycles. The number of hydrogen-bond donors (Lipinski definition) is 1. The summed E-state index contributed by atoms with van der Waals surface area (Å²) in [4.78, 5) is 14.5. The van der Waals surface area contributed by atoms with Gasteiger partial charge < -0.3 is 0 Å². The van der Waals surface area contributed by atoms with Crippen LogP contribution in [0.15, 0.2) is 52.7 Å². The van der Waals surface area contributed by atoms with Crippen LogP contribution in [0.3, 0.4) is 0 Å². The minimum Gasteiger partial charge on any atom is -0.272 e. The number of benzene rings is 1. The van der Waals surface area contributed by atoms with E-state index >= 15 is 0 Å². The zero-order valence-corrected chi connectivity index (χ0v) is 15.2. The summed E-state index contributed by atoms with van der Waals surface area (Å²) in [5.41, 5.74) is 3.00. The van der Waals surface area contributed by atoms with Crippen LogP contribution >= 0.6 is 0 Å². The molecular weight excluding hydrogens is 358 g/mol. The van der Waals surface area contributed by atoms with Gasteiger partial charge in [-0.05, 0) is 18.2 Å². The Kier molecular flexibility index (Phi) is 6.36. The molecule has 0 unspecified atom stereocenters. The minimum atomic E-state index is -3.78.